The van der Waals surface area contributed by atoms with Crippen LogP contribution in [0.4, 0.5) is 0 Å². The summed E-state index contributed by atoms with van der Waals surface area (Å²) in [5.74, 6) is 0. The molecule has 0 aliphatic heterocycles. The maximum atomic E-state index is 11.3. The van der Waals surface area contributed by atoms with Crippen molar-refractivity contribution in [1.29, 1.82) is 0 Å². The van der Waals surface area contributed by atoms with Gasteiger partial charge in [0.2, 0.25) is 0 Å². The number of nitrogens with zero attached hydrogens (tertiary/aromatic N) is 1. The van der Waals surface area contributed by atoms with Crippen LogP contribution >= 0.6 is 15.9 Å². The van der Waals surface area contributed by atoms with E-state index in [1.54, 1.807) is 16.8 Å². The number of halogens is 1. The zero-order valence-corrected chi connectivity index (χ0v) is 7.97. The minimum Gasteiger partial charge on any atom is -0.315 e. The summed E-state index contributed by atoms with van der Waals surface area (Å²) in [5.41, 5.74) is 0.0503. The molecule has 0 fully saturated rings. The Morgan fingerprint density at radius 3 is 3.00 bits per heavy atom. The Kier molecular flexibility index (Phi) is 2.88. The van der Waals surface area contributed by atoms with Crippen LogP contribution in [0.1, 0.15) is 13.3 Å². The lowest BCUT2D eigenvalue weighted by molar-refractivity contribution is 0.651. The molecule has 2 nitrogen and oxygen atoms in total. The predicted octanol–water partition coefficient (Wildman–Crippen LogP) is 2.02. The van der Waals surface area contributed by atoms with Crippen molar-refractivity contribution in [1.82, 2.24) is 4.57 Å². The molecule has 0 N–H and O–H groups in total. The lowest BCUT2D eigenvalue weighted by Gasteiger charge is -2.01. The first-order valence-electron chi connectivity index (χ1n) is 3.60. The molecular formula is C8H10BrNO. The minimum absolute atomic E-state index is 0.0503. The van der Waals surface area contributed by atoms with E-state index in [4.69, 9.17) is 0 Å². The molecule has 0 amide bonds. The first-order valence-corrected chi connectivity index (χ1v) is 4.40. The van der Waals surface area contributed by atoms with Gasteiger partial charge in [-0.1, -0.05) is 6.92 Å². The van der Waals surface area contributed by atoms with Crippen molar-refractivity contribution in [2.45, 2.75) is 19.9 Å². The van der Waals surface area contributed by atoms with Gasteiger partial charge in [-0.05, 0) is 34.5 Å². The topological polar surface area (TPSA) is 22.0 Å². The first kappa shape index (κ1) is 8.53. The first-order chi connectivity index (χ1) is 5.25. The van der Waals surface area contributed by atoms with E-state index >= 15 is 0 Å². The van der Waals surface area contributed by atoms with Crippen LogP contribution in [0, 0.1) is 0 Å². The molecule has 0 atom stereocenters. The molecule has 11 heavy (non-hydrogen) atoms. The van der Waals surface area contributed by atoms with Crippen molar-refractivity contribution in [3.63, 3.8) is 0 Å². The lowest BCUT2D eigenvalue weighted by atomic mass is 10.4. The van der Waals surface area contributed by atoms with E-state index in [0.29, 0.717) is 4.47 Å². The Labute approximate surface area is 74.0 Å². The fourth-order valence-corrected chi connectivity index (χ4v) is 1.30. The second kappa shape index (κ2) is 3.72. The van der Waals surface area contributed by atoms with Crippen molar-refractivity contribution >= 4 is 15.9 Å². The second-order valence-electron chi connectivity index (χ2n) is 2.35. The van der Waals surface area contributed by atoms with E-state index in [-0.39, 0.29) is 5.56 Å². The Hall–Kier alpha value is -0.570. The van der Waals surface area contributed by atoms with Crippen LogP contribution in [-0.4, -0.2) is 4.57 Å². The Bertz CT molecular complexity index is 292. The highest BCUT2D eigenvalue weighted by Crippen LogP contribution is 2.00. The van der Waals surface area contributed by atoms with Crippen LogP contribution in [0.5, 0.6) is 0 Å². The molecule has 0 saturated heterocycles. The molecule has 1 heterocycles. The summed E-state index contributed by atoms with van der Waals surface area (Å²) < 4.78 is 2.33. The van der Waals surface area contributed by atoms with Gasteiger partial charge in [0.25, 0.3) is 5.56 Å². The highest BCUT2D eigenvalue weighted by molar-refractivity contribution is 9.10. The predicted molar refractivity (Wildman–Crippen MR) is 48.7 cm³/mol. The van der Waals surface area contributed by atoms with Gasteiger partial charge in [0, 0.05) is 12.7 Å². The molecule has 1 aromatic heterocycles. The molecule has 60 valence electrons. The zero-order chi connectivity index (χ0) is 8.27. The van der Waals surface area contributed by atoms with Crippen molar-refractivity contribution in [2.24, 2.45) is 0 Å². The standard InChI is InChI=1S/C8H10BrNO/c1-2-5-10-6-3-4-7(9)8(10)11/h3-4,6H,2,5H2,1H3. The molecule has 0 unspecified atom stereocenters. The fourth-order valence-electron chi connectivity index (χ4n) is 0.925. The van der Waals surface area contributed by atoms with Gasteiger partial charge in [0.15, 0.2) is 0 Å². The van der Waals surface area contributed by atoms with E-state index in [2.05, 4.69) is 15.9 Å². The van der Waals surface area contributed by atoms with E-state index in [1.165, 1.54) is 0 Å². The van der Waals surface area contributed by atoms with Crippen molar-refractivity contribution in [3.05, 3.63) is 33.2 Å². The van der Waals surface area contributed by atoms with Crippen molar-refractivity contribution in [3.8, 4) is 0 Å². The normalized spacial score (nSPS) is 10.0. The summed E-state index contributed by atoms with van der Waals surface area (Å²) in [6.07, 6.45) is 2.78. The number of hydrogen-bond donors (Lipinski definition) is 0. The third-order valence-corrected chi connectivity index (χ3v) is 2.04. The number of aromatic nitrogens is 1. The van der Waals surface area contributed by atoms with E-state index in [9.17, 15) is 4.79 Å². The van der Waals surface area contributed by atoms with E-state index in [1.807, 2.05) is 13.0 Å². The van der Waals surface area contributed by atoms with E-state index in [0.717, 1.165) is 13.0 Å². The monoisotopic (exact) mass is 215 g/mol. The number of pyridine rings is 1. The van der Waals surface area contributed by atoms with Gasteiger partial charge < -0.3 is 4.57 Å². The smallest absolute Gasteiger partial charge is 0.264 e. The molecule has 0 radical (unpaired) electrons. The number of rotatable bonds is 2. The second-order valence-corrected chi connectivity index (χ2v) is 3.21. The number of hydrogen-bond acceptors (Lipinski definition) is 1. The summed E-state index contributed by atoms with van der Waals surface area (Å²) >= 11 is 3.18. The summed E-state index contributed by atoms with van der Waals surface area (Å²) in [7, 11) is 0. The van der Waals surface area contributed by atoms with Crippen LogP contribution in [0.3, 0.4) is 0 Å². The van der Waals surface area contributed by atoms with Gasteiger partial charge in [-0.2, -0.15) is 0 Å². The van der Waals surface area contributed by atoms with Crippen LogP contribution in [-0.2, 0) is 6.54 Å². The van der Waals surface area contributed by atoms with Gasteiger partial charge >= 0.3 is 0 Å². The molecule has 0 aliphatic rings. The Balaban J connectivity index is 3.07. The molecule has 1 rings (SSSR count). The van der Waals surface area contributed by atoms with Gasteiger partial charge in [-0.15, -0.1) is 0 Å². The Morgan fingerprint density at radius 1 is 1.64 bits per heavy atom. The van der Waals surface area contributed by atoms with Crippen molar-refractivity contribution in [2.75, 3.05) is 0 Å². The van der Waals surface area contributed by atoms with Gasteiger partial charge in [-0.25, -0.2) is 0 Å². The molecule has 0 spiro atoms. The largest absolute Gasteiger partial charge is 0.315 e. The zero-order valence-electron chi connectivity index (χ0n) is 6.38. The van der Waals surface area contributed by atoms with Crippen LogP contribution in [0.15, 0.2) is 27.6 Å². The summed E-state index contributed by atoms with van der Waals surface area (Å²) in [5, 5.41) is 0. The molecule has 1 aromatic rings. The van der Waals surface area contributed by atoms with Crippen LogP contribution < -0.4 is 5.56 Å². The average Bonchev–Trinajstić information content (AvgIpc) is 1.99. The lowest BCUT2D eigenvalue weighted by Crippen LogP contribution is -2.19. The van der Waals surface area contributed by atoms with Crippen LogP contribution in [0.25, 0.3) is 0 Å². The minimum atomic E-state index is 0.0503. The third-order valence-electron chi connectivity index (χ3n) is 1.44. The summed E-state index contributed by atoms with van der Waals surface area (Å²) in [6.45, 7) is 2.84. The maximum absolute atomic E-state index is 11.3. The fraction of sp³-hybridized carbons (Fsp3) is 0.375. The molecule has 0 bridgehead atoms. The highest BCUT2D eigenvalue weighted by Gasteiger charge is 1.96. The van der Waals surface area contributed by atoms with Gasteiger partial charge in [0.05, 0.1) is 4.47 Å². The molecule has 0 aliphatic carbocycles. The molecular weight excluding hydrogens is 206 g/mol. The highest BCUT2D eigenvalue weighted by atomic mass is 79.9. The maximum Gasteiger partial charge on any atom is 0.264 e. The van der Waals surface area contributed by atoms with Crippen LogP contribution in [0.2, 0.25) is 0 Å². The summed E-state index contributed by atoms with van der Waals surface area (Å²) in [6, 6.07) is 3.62. The van der Waals surface area contributed by atoms with Crippen molar-refractivity contribution < 1.29 is 0 Å². The molecule has 0 saturated carbocycles. The van der Waals surface area contributed by atoms with Gasteiger partial charge in [0.1, 0.15) is 0 Å². The van der Waals surface area contributed by atoms with Gasteiger partial charge in [-0.3, -0.25) is 4.79 Å². The molecule has 0 aromatic carbocycles. The SMILES string of the molecule is CCCn1cccc(Br)c1=O. The Morgan fingerprint density at radius 2 is 2.36 bits per heavy atom. The summed E-state index contributed by atoms with van der Waals surface area (Å²) in [4.78, 5) is 11.3. The average molecular weight is 216 g/mol. The number of aryl methyl sites for hydroxylation is 1. The van der Waals surface area contributed by atoms with E-state index < -0.39 is 0 Å². The molecule has 3 heteroatoms. The third kappa shape index (κ3) is 1.93. The quantitative estimate of drug-likeness (QED) is 0.741.